The Kier molecular flexibility index (Phi) is 5.47. The van der Waals surface area contributed by atoms with Crippen LogP contribution in [0.15, 0.2) is 24.3 Å². The predicted octanol–water partition coefficient (Wildman–Crippen LogP) is 4.20. The van der Waals surface area contributed by atoms with Gasteiger partial charge in [0.05, 0.1) is 11.4 Å². The van der Waals surface area contributed by atoms with E-state index in [-0.39, 0.29) is 18.4 Å². The Bertz CT molecular complexity index is 841. The van der Waals surface area contributed by atoms with Crippen molar-refractivity contribution in [3.63, 3.8) is 0 Å². The second-order valence-corrected chi connectivity index (χ2v) is 8.50. The number of amides is 2. The molecule has 3 rings (SSSR count). The largest absolute Gasteiger partial charge is 0.332 e. The Balaban J connectivity index is 1.64. The fourth-order valence-corrected chi connectivity index (χ4v) is 4.57. The SMILES string of the molecule is Cc1cccc(NC(=O)CN(C)C(=O)c2cc3c(s2)CC[C@H](C)C3)c1C. The van der Waals surface area contributed by atoms with Crippen LogP contribution in [0.4, 0.5) is 5.69 Å². The highest BCUT2D eigenvalue weighted by Crippen LogP contribution is 2.32. The molecule has 0 unspecified atom stereocenters. The van der Waals surface area contributed by atoms with Gasteiger partial charge in [-0.25, -0.2) is 0 Å². The first-order valence-electron chi connectivity index (χ1n) is 9.08. The van der Waals surface area contributed by atoms with Crippen LogP contribution in [0.1, 0.15) is 44.6 Å². The molecular formula is C21H26N2O2S. The van der Waals surface area contributed by atoms with Gasteiger partial charge in [-0.1, -0.05) is 19.1 Å². The molecule has 5 heteroatoms. The second kappa shape index (κ2) is 7.62. The number of fused-ring (bicyclic) bond motifs is 1. The van der Waals surface area contributed by atoms with Crippen LogP contribution in [-0.4, -0.2) is 30.3 Å². The maximum Gasteiger partial charge on any atom is 0.264 e. The van der Waals surface area contributed by atoms with Crippen molar-refractivity contribution in [2.75, 3.05) is 18.9 Å². The molecule has 0 radical (unpaired) electrons. The van der Waals surface area contributed by atoms with E-state index in [0.29, 0.717) is 5.92 Å². The normalized spacial score (nSPS) is 16.1. The quantitative estimate of drug-likeness (QED) is 0.877. The fourth-order valence-electron chi connectivity index (χ4n) is 3.36. The Hall–Kier alpha value is -2.14. The molecule has 0 saturated heterocycles. The summed E-state index contributed by atoms with van der Waals surface area (Å²) in [5, 5.41) is 2.91. The average Bonchev–Trinajstić information content (AvgIpc) is 3.01. The number of carbonyl (C=O) groups excluding carboxylic acids is 2. The van der Waals surface area contributed by atoms with Gasteiger partial charge >= 0.3 is 0 Å². The standard InChI is InChI=1S/C21H26N2O2S/c1-13-8-9-18-16(10-13)11-19(26-18)21(25)23(4)12-20(24)22-17-7-5-6-14(2)15(17)3/h5-7,11,13H,8-10,12H2,1-4H3,(H,22,24)/t13-/m0/s1. The van der Waals surface area contributed by atoms with Crippen molar-refractivity contribution in [1.82, 2.24) is 4.90 Å². The van der Waals surface area contributed by atoms with Gasteiger partial charge in [-0.2, -0.15) is 0 Å². The molecule has 1 aromatic heterocycles. The number of nitrogens with zero attached hydrogens (tertiary/aromatic N) is 1. The fraction of sp³-hybridized carbons (Fsp3) is 0.429. The summed E-state index contributed by atoms with van der Waals surface area (Å²) in [5.41, 5.74) is 4.29. The first-order valence-corrected chi connectivity index (χ1v) is 9.90. The Morgan fingerprint density at radius 1 is 1.31 bits per heavy atom. The van der Waals surface area contributed by atoms with E-state index >= 15 is 0 Å². The smallest absolute Gasteiger partial charge is 0.264 e. The lowest BCUT2D eigenvalue weighted by molar-refractivity contribution is -0.116. The topological polar surface area (TPSA) is 49.4 Å². The highest BCUT2D eigenvalue weighted by Gasteiger charge is 2.23. The minimum Gasteiger partial charge on any atom is -0.332 e. The van der Waals surface area contributed by atoms with Crippen molar-refractivity contribution in [1.29, 1.82) is 0 Å². The van der Waals surface area contributed by atoms with Crippen LogP contribution in [0.25, 0.3) is 0 Å². The number of anilines is 1. The summed E-state index contributed by atoms with van der Waals surface area (Å²) in [6.45, 7) is 6.30. The molecule has 2 aromatic rings. The number of aryl methyl sites for hydroxylation is 2. The number of nitrogens with one attached hydrogen (secondary N) is 1. The van der Waals surface area contributed by atoms with Crippen LogP contribution in [0, 0.1) is 19.8 Å². The first kappa shape index (κ1) is 18.6. The molecule has 1 aliphatic rings. The third-order valence-electron chi connectivity index (χ3n) is 5.15. The highest BCUT2D eigenvalue weighted by atomic mass is 32.1. The molecule has 4 nitrogen and oxygen atoms in total. The number of likely N-dealkylation sites (N-methyl/N-ethyl adjacent to an activating group) is 1. The zero-order chi connectivity index (χ0) is 18.8. The minimum atomic E-state index is -0.176. The third-order valence-corrected chi connectivity index (χ3v) is 6.37. The lowest BCUT2D eigenvalue weighted by Gasteiger charge is -2.17. The maximum atomic E-state index is 12.7. The molecule has 2 amide bonds. The summed E-state index contributed by atoms with van der Waals surface area (Å²) >= 11 is 1.59. The maximum absolute atomic E-state index is 12.7. The number of thiophene rings is 1. The van der Waals surface area contributed by atoms with Crippen LogP contribution in [0.2, 0.25) is 0 Å². The van der Waals surface area contributed by atoms with Crippen LogP contribution in [0.5, 0.6) is 0 Å². The number of benzene rings is 1. The molecule has 1 N–H and O–H groups in total. The molecule has 0 saturated carbocycles. The van der Waals surface area contributed by atoms with Gasteiger partial charge in [-0.3, -0.25) is 9.59 Å². The summed E-state index contributed by atoms with van der Waals surface area (Å²) in [6.07, 6.45) is 3.30. The first-order chi connectivity index (χ1) is 12.3. The molecule has 26 heavy (non-hydrogen) atoms. The molecular weight excluding hydrogens is 344 g/mol. The molecule has 1 atom stereocenters. The van der Waals surface area contributed by atoms with E-state index in [1.165, 1.54) is 21.8 Å². The van der Waals surface area contributed by atoms with Crippen LogP contribution < -0.4 is 5.32 Å². The number of carbonyl (C=O) groups is 2. The lowest BCUT2D eigenvalue weighted by Crippen LogP contribution is -2.34. The minimum absolute atomic E-state index is 0.0468. The summed E-state index contributed by atoms with van der Waals surface area (Å²) in [7, 11) is 1.69. The zero-order valence-corrected chi connectivity index (χ0v) is 16.7. The van der Waals surface area contributed by atoms with E-state index in [1.54, 1.807) is 18.4 Å². The molecule has 0 spiro atoms. The van der Waals surface area contributed by atoms with E-state index in [1.807, 2.05) is 38.1 Å². The summed E-state index contributed by atoms with van der Waals surface area (Å²) < 4.78 is 0. The number of hydrogen-bond donors (Lipinski definition) is 1. The summed E-state index contributed by atoms with van der Waals surface area (Å²) in [5.74, 6) is 0.429. The van der Waals surface area contributed by atoms with Gasteiger partial charge in [-0.05, 0) is 67.9 Å². The van der Waals surface area contributed by atoms with E-state index < -0.39 is 0 Å². The van der Waals surface area contributed by atoms with Gasteiger partial charge in [-0.15, -0.1) is 11.3 Å². The van der Waals surface area contributed by atoms with Crippen LogP contribution in [0.3, 0.4) is 0 Å². The lowest BCUT2D eigenvalue weighted by atomic mass is 9.90. The zero-order valence-electron chi connectivity index (χ0n) is 15.9. The van der Waals surface area contributed by atoms with E-state index in [0.717, 1.165) is 34.5 Å². The molecule has 0 bridgehead atoms. The van der Waals surface area contributed by atoms with Crippen molar-refractivity contribution in [2.45, 2.75) is 40.0 Å². The Morgan fingerprint density at radius 3 is 2.85 bits per heavy atom. The van der Waals surface area contributed by atoms with Crippen LogP contribution >= 0.6 is 11.3 Å². The summed E-state index contributed by atoms with van der Waals surface area (Å²) in [4.78, 5) is 28.6. The monoisotopic (exact) mass is 370 g/mol. The molecule has 0 fully saturated rings. The van der Waals surface area contributed by atoms with Gasteiger partial charge < -0.3 is 10.2 Å². The third kappa shape index (κ3) is 3.98. The second-order valence-electron chi connectivity index (χ2n) is 7.36. The van der Waals surface area contributed by atoms with Gasteiger partial charge in [0.1, 0.15) is 0 Å². The Morgan fingerprint density at radius 2 is 2.08 bits per heavy atom. The number of hydrogen-bond acceptors (Lipinski definition) is 3. The average molecular weight is 371 g/mol. The van der Waals surface area contributed by atoms with Crippen molar-refractivity contribution in [3.05, 3.63) is 50.7 Å². The van der Waals surface area contributed by atoms with Crippen molar-refractivity contribution < 1.29 is 9.59 Å². The number of rotatable bonds is 4. The molecule has 0 aliphatic heterocycles. The molecule has 1 heterocycles. The molecule has 138 valence electrons. The van der Waals surface area contributed by atoms with Gasteiger partial charge in [0, 0.05) is 17.6 Å². The van der Waals surface area contributed by atoms with Gasteiger partial charge in [0.2, 0.25) is 5.91 Å². The van der Waals surface area contributed by atoms with Crippen molar-refractivity contribution >= 4 is 28.8 Å². The van der Waals surface area contributed by atoms with Crippen molar-refractivity contribution in [3.8, 4) is 0 Å². The van der Waals surface area contributed by atoms with Crippen molar-refractivity contribution in [2.24, 2.45) is 5.92 Å². The van der Waals surface area contributed by atoms with Gasteiger partial charge in [0.15, 0.2) is 0 Å². The molecule has 1 aromatic carbocycles. The van der Waals surface area contributed by atoms with E-state index in [9.17, 15) is 9.59 Å². The Labute approximate surface area is 159 Å². The van der Waals surface area contributed by atoms with Gasteiger partial charge in [0.25, 0.3) is 5.91 Å². The predicted molar refractivity (Wildman–Crippen MR) is 107 cm³/mol. The highest BCUT2D eigenvalue weighted by molar-refractivity contribution is 7.14. The van der Waals surface area contributed by atoms with E-state index in [4.69, 9.17) is 0 Å². The summed E-state index contributed by atoms with van der Waals surface area (Å²) in [6, 6.07) is 7.84. The van der Waals surface area contributed by atoms with Crippen LogP contribution in [-0.2, 0) is 17.6 Å². The van der Waals surface area contributed by atoms with E-state index in [2.05, 4.69) is 12.2 Å². The molecule has 1 aliphatic carbocycles.